The number of rotatable bonds is 1. The summed E-state index contributed by atoms with van der Waals surface area (Å²) in [5.74, 6) is 1.65. The molecule has 0 heterocycles. The molecule has 0 bridgehead atoms. The molecule has 0 fully saturated rings. The Kier molecular flexibility index (Phi) is 4.08. The lowest BCUT2D eigenvalue weighted by molar-refractivity contribution is 0.446. The highest BCUT2D eigenvalue weighted by molar-refractivity contribution is 5.88. The number of hydrogen-bond donors (Lipinski definition) is 0. The molecule has 0 aliphatic rings. The van der Waals surface area contributed by atoms with Crippen molar-refractivity contribution in [2.75, 3.05) is 0 Å². The van der Waals surface area contributed by atoms with E-state index in [0.717, 1.165) is 34.9 Å². The van der Waals surface area contributed by atoms with Gasteiger partial charge in [-0.25, -0.2) is 13.2 Å². The lowest BCUT2D eigenvalue weighted by Gasteiger charge is -2.03. The first-order chi connectivity index (χ1) is 11.1. The molecule has 3 aromatic carbocycles. The monoisotopic (exact) mass is 310 g/mol. The van der Waals surface area contributed by atoms with Gasteiger partial charge in [-0.15, -0.1) is 0 Å². The van der Waals surface area contributed by atoms with Gasteiger partial charge < -0.3 is 0 Å². The summed E-state index contributed by atoms with van der Waals surface area (Å²) in [6.45, 7) is 2.09. The molecule has 0 radical (unpaired) electrons. The molecule has 0 aromatic heterocycles. The van der Waals surface area contributed by atoms with Gasteiger partial charge in [0.25, 0.3) is 0 Å². The molecule has 0 nitrogen and oxygen atoms in total. The molecule has 0 atom stereocenters. The van der Waals surface area contributed by atoms with Crippen LogP contribution in [0.3, 0.4) is 0 Å². The molecule has 3 heteroatoms. The summed E-state index contributed by atoms with van der Waals surface area (Å²) >= 11 is 0. The first kappa shape index (κ1) is 15.2. The Morgan fingerprint density at radius 3 is 2.30 bits per heavy atom. The van der Waals surface area contributed by atoms with E-state index < -0.39 is 17.5 Å². The molecule has 0 unspecified atom stereocenters. The number of fused-ring (bicyclic) bond motifs is 1. The van der Waals surface area contributed by atoms with Crippen molar-refractivity contribution in [3.63, 3.8) is 0 Å². The molecule has 0 N–H and O–H groups in total. The highest BCUT2D eigenvalue weighted by Gasteiger charge is 2.09. The Balaban J connectivity index is 2.06. The van der Waals surface area contributed by atoms with Crippen molar-refractivity contribution in [1.29, 1.82) is 0 Å². The van der Waals surface area contributed by atoms with Crippen molar-refractivity contribution in [3.8, 4) is 11.8 Å². The zero-order valence-corrected chi connectivity index (χ0v) is 12.5. The van der Waals surface area contributed by atoms with Crippen molar-refractivity contribution in [2.45, 2.75) is 13.3 Å². The van der Waals surface area contributed by atoms with Gasteiger partial charge in [-0.05, 0) is 41.0 Å². The zero-order valence-electron chi connectivity index (χ0n) is 12.5. The lowest BCUT2D eigenvalue weighted by atomic mass is 10.0. The average molecular weight is 310 g/mol. The van der Waals surface area contributed by atoms with E-state index in [-0.39, 0.29) is 5.56 Å². The largest absolute Gasteiger partial charge is 0.204 e. The van der Waals surface area contributed by atoms with Crippen LogP contribution < -0.4 is 0 Å². The van der Waals surface area contributed by atoms with E-state index in [1.165, 1.54) is 5.56 Å². The molecular weight excluding hydrogens is 297 g/mol. The number of halogens is 3. The minimum atomic E-state index is -1.48. The van der Waals surface area contributed by atoms with Crippen molar-refractivity contribution >= 4 is 10.8 Å². The molecular formula is C20H13F3. The van der Waals surface area contributed by atoms with Crippen molar-refractivity contribution < 1.29 is 13.2 Å². The van der Waals surface area contributed by atoms with Gasteiger partial charge in [0.2, 0.25) is 0 Å². The fourth-order valence-corrected chi connectivity index (χ4v) is 2.43. The standard InChI is InChI=1S/C20H13F3/c1-2-13-7-9-17-15(4-3-5-16(17)10-13)8-6-14-11-18(21)20(23)19(22)12-14/h3-5,7,9-12H,2H2,1H3. The van der Waals surface area contributed by atoms with Gasteiger partial charge in [0.1, 0.15) is 0 Å². The van der Waals surface area contributed by atoms with Crippen LogP contribution in [0, 0.1) is 29.3 Å². The Hall–Kier alpha value is -2.73. The summed E-state index contributed by atoms with van der Waals surface area (Å²) in [4.78, 5) is 0. The van der Waals surface area contributed by atoms with Crippen LogP contribution >= 0.6 is 0 Å². The number of benzene rings is 3. The molecule has 23 heavy (non-hydrogen) atoms. The van der Waals surface area contributed by atoms with Gasteiger partial charge in [-0.1, -0.05) is 49.1 Å². The van der Waals surface area contributed by atoms with Crippen LogP contribution in [-0.2, 0) is 6.42 Å². The van der Waals surface area contributed by atoms with Crippen LogP contribution in [0.15, 0.2) is 48.5 Å². The third-order valence-electron chi connectivity index (χ3n) is 3.68. The van der Waals surface area contributed by atoms with Gasteiger partial charge >= 0.3 is 0 Å². The lowest BCUT2D eigenvalue weighted by Crippen LogP contribution is -1.91. The third-order valence-corrected chi connectivity index (χ3v) is 3.68. The number of hydrogen-bond acceptors (Lipinski definition) is 0. The molecule has 114 valence electrons. The summed E-state index contributed by atoms with van der Waals surface area (Å²) in [5, 5.41) is 2.04. The maximum absolute atomic E-state index is 13.2. The van der Waals surface area contributed by atoms with Crippen LogP contribution in [0.4, 0.5) is 13.2 Å². The maximum atomic E-state index is 13.2. The van der Waals surface area contributed by atoms with Crippen molar-refractivity contribution in [1.82, 2.24) is 0 Å². The quantitative estimate of drug-likeness (QED) is 0.427. The van der Waals surface area contributed by atoms with E-state index in [4.69, 9.17) is 0 Å². The molecule has 0 aliphatic heterocycles. The van der Waals surface area contributed by atoms with E-state index in [2.05, 4.69) is 24.8 Å². The van der Waals surface area contributed by atoms with Crippen LogP contribution in [-0.4, -0.2) is 0 Å². The second kappa shape index (κ2) is 6.18. The van der Waals surface area contributed by atoms with Gasteiger partial charge in [0.15, 0.2) is 17.5 Å². The first-order valence-electron chi connectivity index (χ1n) is 7.26. The Bertz CT molecular complexity index is 923. The Labute approximate surface area is 132 Å². The van der Waals surface area contributed by atoms with Crippen molar-refractivity contribution in [3.05, 3.63) is 82.7 Å². The van der Waals surface area contributed by atoms with Gasteiger partial charge in [-0.2, -0.15) is 0 Å². The second-order valence-corrected chi connectivity index (χ2v) is 5.22. The molecule has 3 rings (SSSR count). The summed E-state index contributed by atoms with van der Waals surface area (Å²) in [6.07, 6.45) is 0.944. The Morgan fingerprint density at radius 1 is 0.870 bits per heavy atom. The predicted octanol–water partition coefficient (Wildman–Crippen LogP) is 5.22. The molecule has 3 aromatic rings. The van der Waals surface area contributed by atoms with Gasteiger partial charge in [0, 0.05) is 11.1 Å². The van der Waals surface area contributed by atoms with Crippen LogP contribution in [0.25, 0.3) is 10.8 Å². The molecule has 0 spiro atoms. The topological polar surface area (TPSA) is 0 Å². The first-order valence-corrected chi connectivity index (χ1v) is 7.26. The minimum Gasteiger partial charge on any atom is -0.204 e. The summed E-state index contributed by atoms with van der Waals surface area (Å²) in [6, 6.07) is 13.6. The summed E-state index contributed by atoms with van der Waals surface area (Å²) < 4.78 is 39.4. The third kappa shape index (κ3) is 3.07. The van der Waals surface area contributed by atoms with Gasteiger partial charge in [0.05, 0.1) is 0 Å². The SMILES string of the molecule is CCc1ccc2c(C#Cc3cc(F)c(F)c(F)c3)cccc2c1. The predicted molar refractivity (Wildman–Crippen MR) is 85.6 cm³/mol. The highest BCUT2D eigenvalue weighted by Crippen LogP contribution is 2.20. The highest BCUT2D eigenvalue weighted by atomic mass is 19.2. The smallest absolute Gasteiger partial charge is 0.194 e. The molecule has 0 saturated heterocycles. The van der Waals surface area contributed by atoms with E-state index in [1.807, 2.05) is 30.3 Å². The van der Waals surface area contributed by atoms with Gasteiger partial charge in [-0.3, -0.25) is 0 Å². The second-order valence-electron chi connectivity index (χ2n) is 5.22. The van der Waals surface area contributed by atoms with Crippen LogP contribution in [0.1, 0.15) is 23.6 Å². The normalized spacial score (nSPS) is 10.4. The zero-order chi connectivity index (χ0) is 16.4. The molecule has 0 saturated carbocycles. The fraction of sp³-hybridized carbons (Fsp3) is 0.100. The maximum Gasteiger partial charge on any atom is 0.194 e. The van der Waals surface area contributed by atoms with E-state index in [0.29, 0.717) is 0 Å². The molecule has 0 amide bonds. The minimum absolute atomic E-state index is 0.101. The van der Waals surface area contributed by atoms with E-state index in [1.54, 1.807) is 0 Å². The number of aryl methyl sites for hydroxylation is 1. The van der Waals surface area contributed by atoms with Crippen molar-refractivity contribution in [2.24, 2.45) is 0 Å². The van der Waals surface area contributed by atoms with Crippen LogP contribution in [0.5, 0.6) is 0 Å². The van der Waals surface area contributed by atoms with E-state index >= 15 is 0 Å². The summed E-state index contributed by atoms with van der Waals surface area (Å²) in [7, 11) is 0. The molecule has 0 aliphatic carbocycles. The van der Waals surface area contributed by atoms with Crippen LogP contribution in [0.2, 0.25) is 0 Å². The van der Waals surface area contributed by atoms with E-state index in [9.17, 15) is 13.2 Å². The fourth-order valence-electron chi connectivity index (χ4n) is 2.43. The Morgan fingerprint density at radius 2 is 1.61 bits per heavy atom. The average Bonchev–Trinajstić information content (AvgIpc) is 2.57. The summed E-state index contributed by atoms with van der Waals surface area (Å²) in [5.41, 5.74) is 2.09.